The number of rotatable bonds is 3. The normalized spacial score (nSPS) is 24.0. The molecule has 0 saturated heterocycles. The summed E-state index contributed by atoms with van der Waals surface area (Å²) in [6, 6.07) is 14.6. The molecule has 0 aromatic heterocycles. The summed E-state index contributed by atoms with van der Waals surface area (Å²) in [5, 5.41) is 5.78. The zero-order chi connectivity index (χ0) is 19.8. The van der Waals surface area contributed by atoms with Gasteiger partial charge in [-0.05, 0) is 24.6 Å². The number of carbonyl (C=O) groups is 2. The second kappa shape index (κ2) is 7.19. The van der Waals surface area contributed by atoms with E-state index in [2.05, 4.69) is 23.6 Å². The number of benzene rings is 2. The van der Waals surface area contributed by atoms with Crippen molar-refractivity contribution in [1.82, 2.24) is 10.6 Å². The van der Waals surface area contributed by atoms with Crippen molar-refractivity contribution in [1.29, 1.82) is 0 Å². The Morgan fingerprint density at radius 2 is 1.89 bits per heavy atom. The molecule has 2 aliphatic rings. The van der Waals surface area contributed by atoms with Crippen molar-refractivity contribution >= 4 is 17.6 Å². The SMILES string of the molecule is CC(NC(=O)NC1Cc2ccccc2N(C)C1=O)C1Oc2ccccc2C1C. The van der Waals surface area contributed by atoms with Crippen LogP contribution in [0.2, 0.25) is 0 Å². The summed E-state index contributed by atoms with van der Waals surface area (Å²) in [5.41, 5.74) is 3.10. The molecule has 2 aromatic carbocycles. The summed E-state index contributed by atoms with van der Waals surface area (Å²) in [4.78, 5) is 26.8. The molecule has 28 heavy (non-hydrogen) atoms. The van der Waals surface area contributed by atoms with Crippen LogP contribution in [0.5, 0.6) is 5.75 Å². The van der Waals surface area contributed by atoms with E-state index in [4.69, 9.17) is 4.74 Å². The van der Waals surface area contributed by atoms with E-state index < -0.39 is 6.04 Å². The Labute approximate surface area is 164 Å². The monoisotopic (exact) mass is 379 g/mol. The summed E-state index contributed by atoms with van der Waals surface area (Å²) in [6.45, 7) is 4.03. The van der Waals surface area contributed by atoms with Crippen LogP contribution in [0, 0.1) is 0 Å². The molecule has 0 spiro atoms. The fraction of sp³-hybridized carbons (Fsp3) is 0.364. The van der Waals surface area contributed by atoms with E-state index in [1.807, 2.05) is 49.4 Å². The van der Waals surface area contributed by atoms with Gasteiger partial charge in [-0.15, -0.1) is 0 Å². The number of para-hydroxylation sites is 2. The molecule has 6 heteroatoms. The Bertz CT molecular complexity index is 913. The summed E-state index contributed by atoms with van der Waals surface area (Å²) in [6.07, 6.45) is 0.344. The van der Waals surface area contributed by atoms with Crippen LogP contribution in [0.15, 0.2) is 48.5 Å². The molecular formula is C22H25N3O3. The number of urea groups is 1. The third kappa shape index (κ3) is 3.19. The van der Waals surface area contributed by atoms with Crippen LogP contribution in [0.4, 0.5) is 10.5 Å². The number of fused-ring (bicyclic) bond motifs is 2. The molecule has 0 fully saturated rings. The number of nitrogens with zero attached hydrogens (tertiary/aromatic N) is 1. The maximum absolute atomic E-state index is 12.6. The number of nitrogens with one attached hydrogen (secondary N) is 2. The number of amides is 3. The fourth-order valence-corrected chi connectivity index (χ4v) is 4.20. The number of ether oxygens (including phenoxy) is 1. The lowest BCUT2D eigenvalue weighted by molar-refractivity contribution is -0.120. The van der Waals surface area contributed by atoms with Crippen molar-refractivity contribution in [2.24, 2.45) is 0 Å². The van der Waals surface area contributed by atoms with Gasteiger partial charge in [-0.1, -0.05) is 43.3 Å². The molecule has 0 aliphatic carbocycles. The lowest BCUT2D eigenvalue weighted by Crippen LogP contribution is -2.56. The lowest BCUT2D eigenvalue weighted by Gasteiger charge is -2.32. The van der Waals surface area contributed by atoms with Crippen LogP contribution >= 0.6 is 0 Å². The van der Waals surface area contributed by atoms with Gasteiger partial charge in [0.1, 0.15) is 17.9 Å². The van der Waals surface area contributed by atoms with Crippen LogP contribution in [0.1, 0.15) is 30.9 Å². The van der Waals surface area contributed by atoms with Crippen LogP contribution in [0.25, 0.3) is 0 Å². The zero-order valence-electron chi connectivity index (χ0n) is 16.3. The highest BCUT2D eigenvalue weighted by Gasteiger charge is 2.36. The predicted octanol–water partition coefficient (Wildman–Crippen LogP) is 2.83. The van der Waals surface area contributed by atoms with Gasteiger partial charge in [0.15, 0.2) is 0 Å². The van der Waals surface area contributed by atoms with Crippen molar-refractivity contribution < 1.29 is 14.3 Å². The fourth-order valence-electron chi connectivity index (χ4n) is 4.20. The Hall–Kier alpha value is -3.02. The van der Waals surface area contributed by atoms with Gasteiger partial charge in [0.2, 0.25) is 5.91 Å². The van der Waals surface area contributed by atoms with Gasteiger partial charge in [-0.3, -0.25) is 4.79 Å². The molecule has 2 heterocycles. The molecule has 6 nitrogen and oxygen atoms in total. The van der Waals surface area contributed by atoms with Gasteiger partial charge in [-0.25, -0.2) is 4.79 Å². The minimum Gasteiger partial charge on any atom is -0.487 e. The minimum atomic E-state index is -0.578. The Balaban J connectivity index is 1.39. The molecule has 2 aromatic rings. The Kier molecular flexibility index (Phi) is 4.71. The summed E-state index contributed by atoms with van der Waals surface area (Å²) < 4.78 is 6.04. The second-order valence-corrected chi connectivity index (χ2v) is 7.60. The average molecular weight is 379 g/mol. The lowest BCUT2D eigenvalue weighted by atomic mass is 9.94. The van der Waals surface area contributed by atoms with Gasteiger partial charge >= 0.3 is 6.03 Å². The molecule has 0 bridgehead atoms. The molecule has 4 atom stereocenters. The molecule has 3 amide bonds. The molecule has 0 saturated carbocycles. The average Bonchev–Trinajstić information content (AvgIpc) is 3.03. The van der Waals surface area contributed by atoms with Gasteiger partial charge < -0.3 is 20.3 Å². The number of anilines is 1. The first-order valence-corrected chi connectivity index (χ1v) is 9.64. The van der Waals surface area contributed by atoms with Crippen molar-refractivity contribution in [2.75, 3.05) is 11.9 Å². The van der Waals surface area contributed by atoms with E-state index >= 15 is 0 Å². The third-order valence-electron chi connectivity index (χ3n) is 5.73. The zero-order valence-corrected chi connectivity index (χ0v) is 16.3. The van der Waals surface area contributed by atoms with E-state index in [0.29, 0.717) is 6.42 Å². The topological polar surface area (TPSA) is 70.7 Å². The standard InChI is InChI=1S/C22H25N3O3/c1-13-16-9-5-7-11-19(16)28-20(13)14(2)23-22(27)24-17-12-15-8-4-6-10-18(15)25(3)21(17)26/h4-11,13-14,17,20H,12H2,1-3H3,(H2,23,24,27). The molecule has 146 valence electrons. The van der Waals surface area contributed by atoms with E-state index in [0.717, 1.165) is 22.6 Å². The van der Waals surface area contributed by atoms with Crippen molar-refractivity contribution in [3.05, 3.63) is 59.7 Å². The Morgan fingerprint density at radius 3 is 2.68 bits per heavy atom. The first kappa shape index (κ1) is 18.3. The highest BCUT2D eigenvalue weighted by Crippen LogP contribution is 2.38. The Morgan fingerprint density at radius 1 is 1.18 bits per heavy atom. The largest absolute Gasteiger partial charge is 0.487 e. The molecule has 2 N–H and O–H groups in total. The van der Waals surface area contributed by atoms with E-state index in [9.17, 15) is 9.59 Å². The summed E-state index contributed by atoms with van der Waals surface area (Å²) in [5.74, 6) is 0.940. The molecule has 4 unspecified atom stereocenters. The van der Waals surface area contributed by atoms with Crippen LogP contribution < -0.4 is 20.3 Å². The number of carbonyl (C=O) groups excluding carboxylic acids is 2. The third-order valence-corrected chi connectivity index (χ3v) is 5.73. The smallest absolute Gasteiger partial charge is 0.315 e. The van der Waals surface area contributed by atoms with Gasteiger partial charge in [0, 0.05) is 30.6 Å². The van der Waals surface area contributed by atoms with Crippen LogP contribution in [-0.2, 0) is 11.2 Å². The summed E-state index contributed by atoms with van der Waals surface area (Å²) >= 11 is 0. The minimum absolute atomic E-state index is 0.112. The highest BCUT2D eigenvalue weighted by atomic mass is 16.5. The van der Waals surface area contributed by atoms with Crippen LogP contribution in [-0.4, -0.2) is 37.2 Å². The molecule has 2 aliphatic heterocycles. The van der Waals surface area contributed by atoms with Gasteiger partial charge in [-0.2, -0.15) is 0 Å². The van der Waals surface area contributed by atoms with Crippen molar-refractivity contribution in [3.63, 3.8) is 0 Å². The number of likely N-dealkylation sites (N-methyl/N-ethyl adjacent to an activating group) is 1. The number of hydrogen-bond acceptors (Lipinski definition) is 3. The van der Waals surface area contributed by atoms with Gasteiger partial charge in [0.25, 0.3) is 0 Å². The maximum atomic E-state index is 12.6. The van der Waals surface area contributed by atoms with Crippen molar-refractivity contribution in [3.8, 4) is 5.75 Å². The molecule has 0 radical (unpaired) electrons. The summed E-state index contributed by atoms with van der Waals surface area (Å²) in [7, 11) is 1.74. The van der Waals surface area contributed by atoms with Crippen molar-refractivity contribution in [2.45, 2.75) is 44.4 Å². The quantitative estimate of drug-likeness (QED) is 0.862. The highest BCUT2D eigenvalue weighted by molar-refractivity contribution is 6.01. The first-order chi connectivity index (χ1) is 13.5. The second-order valence-electron chi connectivity index (χ2n) is 7.60. The maximum Gasteiger partial charge on any atom is 0.315 e. The van der Waals surface area contributed by atoms with E-state index in [1.165, 1.54) is 0 Å². The van der Waals surface area contributed by atoms with Gasteiger partial charge in [0.05, 0.1) is 6.04 Å². The number of hydrogen-bond donors (Lipinski definition) is 2. The van der Waals surface area contributed by atoms with Crippen LogP contribution in [0.3, 0.4) is 0 Å². The van der Waals surface area contributed by atoms with E-state index in [1.54, 1.807) is 11.9 Å². The predicted molar refractivity (Wildman–Crippen MR) is 108 cm³/mol. The molecule has 4 rings (SSSR count). The molecular weight excluding hydrogens is 354 g/mol. The van der Waals surface area contributed by atoms with E-state index in [-0.39, 0.29) is 30.0 Å². The first-order valence-electron chi connectivity index (χ1n) is 9.64.